The molecule has 2 aliphatic rings. The minimum absolute atomic E-state index is 0.341. The Morgan fingerprint density at radius 3 is 2.75 bits per heavy atom. The summed E-state index contributed by atoms with van der Waals surface area (Å²) in [6, 6.07) is 7.65. The highest BCUT2D eigenvalue weighted by atomic mass is 15.0. The van der Waals surface area contributed by atoms with E-state index in [-0.39, 0.29) is 0 Å². The van der Waals surface area contributed by atoms with Crippen molar-refractivity contribution in [2.24, 2.45) is 5.73 Å². The zero-order valence-electron chi connectivity index (χ0n) is 9.71. The van der Waals surface area contributed by atoms with E-state index in [9.17, 15) is 0 Å². The Kier molecular flexibility index (Phi) is 2.60. The Hall–Kier alpha value is -1.02. The van der Waals surface area contributed by atoms with Crippen LogP contribution in [0.25, 0.3) is 0 Å². The van der Waals surface area contributed by atoms with Gasteiger partial charge in [0.15, 0.2) is 0 Å². The molecule has 0 bridgehead atoms. The largest absolute Gasteiger partial charge is 0.381 e. The van der Waals surface area contributed by atoms with Gasteiger partial charge in [-0.25, -0.2) is 0 Å². The van der Waals surface area contributed by atoms with E-state index in [4.69, 9.17) is 5.73 Å². The topological polar surface area (TPSA) is 38.0 Å². The lowest BCUT2D eigenvalue weighted by atomic mass is 10.1. The molecule has 2 unspecified atom stereocenters. The first-order valence-corrected chi connectivity index (χ1v) is 6.47. The number of aryl methyl sites for hydroxylation is 2. The fourth-order valence-electron chi connectivity index (χ4n) is 3.04. The molecule has 0 heterocycles. The molecular weight excluding hydrogens is 196 g/mol. The van der Waals surface area contributed by atoms with Gasteiger partial charge < -0.3 is 11.1 Å². The van der Waals surface area contributed by atoms with Crippen molar-refractivity contribution < 1.29 is 0 Å². The van der Waals surface area contributed by atoms with E-state index in [0.29, 0.717) is 12.1 Å². The number of fused-ring (bicyclic) bond motifs is 1. The van der Waals surface area contributed by atoms with E-state index in [1.165, 1.54) is 49.8 Å². The summed E-state index contributed by atoms with van der Waals surface area (Å²) in [5, 5.41) is 3.60. The van der Waals surface area contributed by atoms with Gasteiger partial charge in [0.2, 0.25) is 0 Å². The van der Waals surface area contributed by atoms with Crippen LogP contribution in [0.4, 0.5) is 5.69 Å². The summed E-state index contributed by atoms with van der Waals surface area (Å²) in [6.07, 6.45) is 7.49. The summed E-state index contributed by atoms with van der Waals surface area (Å²) in [4.78, 5) is 0. The van der Waals surface area contributed by atoms with Gasteiger partial charge in [-0.3, -0.25) is 0 Å². The van der Waals surface area contributed by atoms with E-state index in [1.807, 2.05) is 0 Å². The van der Waals surface area contributed by atoms with Crippen LogP contribution in [0.15, 0.2) is 18.2 Å². The second-order valence-corrected chi connectivity index (χ2v) is 5.18. The van der Waals surface area contributed by atoms with Crippen molar-refractivity contribution in [2.75, 3.05) is 5.32 Å². The zero-order chi connectivity index (χ0) is 11.0. The van der Waals surface area contributed by atoms with Crippen molar-refractivity contribution in [2.45, 2.75) is 50.6 Å². The molecule has 1 aromatic rings. The molecular formula is C14H20N2. The van der Waals surface area contributed by atoms with E-state index in [0.717, 1.165) is 0 Å². The standard InChI is InChI=1S/C14H20N2/c15-13-5-2-6-14(13)16-12-8-7-10-3-1-4-11(10)9-12/h7-9,13-14,16H,1-6,15H2. The number of nitrogens with one attached hydrogen (secondary N) is 1. The highest BCUT2D eigenvalue weighted by Gasteiger charge is 2.23. The molecule has 0 aliphatic heterocycles. The van der Waals surface area contributed by atoms with Crippen LogP contribution in [0, 0.1) is 0 Å². The predicted molar refractivity (Wildman–Crippen MR) is 67.7 cm³/mol. The monoisotopic (exact) mass is 216 g/mol. The van der Waals surface area contributed by atoms with Crippen LogP contribution < -0.4 is 11.1 Å². The van der Waals surface area contributed by atoms with Gasteiger partial charge in [-0.2, -0.15) is 0 Å². The third-order valence-corrected chi connectivity index (χ3v) is 4.02. The van der Waals surface area contributed by atoms with Gasteiger partial charge in [0.1, 0.15) is 0 Å². The lowest BCUT2D eigenvalue weighted by Crippen LogP contribution is -2.35. The molecule has 0 amide bonds. The van der Waals surface area contributed by atoms with Crippen LogP contribution >= 0.6 is 0 Å². The van der Waals surface area contributed by atoms with Crippen LogP contribution in [-0.2, 0) is 12.8 Å². The van der Waals surface area contributed by atoms with E-state index >= 15 is 0 Å². The molecule has 0 radical (unpaired) electrons. The molecule has 3 rings (SSSR count). The molecule has 1 aromatic carbocycles. The molecule has 16 heavy (non-hydrogen) atoms. The molecule has 2 aliphatic carbocycles. The second-order valence-electron chi connectivity index (χ2n) is 5.18. The minimum Gasteiger partial charge on any atom is -0.381 e. The molecule has 1 fully saturated rings. The lowest BCUT2D eigenvalue weighted by molar-refractivity contribution is 0.638. The Morgan fingerprint density at radius 2 is 1.94 bits per heavy atom. The number of anilines is 1. The van der Waals surface area contributed by atoms with E-state index in [1.54, 1.807) is 5.56 Å². The minimum atomic E-state index is 0.341. The molecule has 0 aromatic heterocycles. The lowest BCUT2D eigenvalue weighted by Gasteiger charge is -2.19. The predicted octanol–water partition coefficient (Wildman–Crippen LogP) is 2.47. The first kappa shape index (κ1) is 10.2. The van der Waals surface area contributed by atoms with Crippen molar-refractivity contribution in [3.05, 3.63) is 29.3 Å². The normalized spacial score (nSPS) is 28.1. The summed E-state index contributed by atoms with van der Waals surface area (Å²) in [6.45, 7) is 0. The van der Waals surface area contributed by atoms with Crippen molar-refractivity contribution in [1.29, 1.82) is 0 Å². The quantitative estimate of drug-likeness (QED) is 0.797. The van der Waals surface area contributed by atoms with Crippen LogP contribution in [-0.4, -0.2) is 12.1 Å². The smallest absolute Gasteiger partial charge is 0.0412 e. The maximum atomic E-state index is 6.08. The average molecular weight is 216 g/mol. The van der Waals surface area contributed by atoms with Crippen LogP contribution in [0.2, 0.25) is 0 Å². The molecule has 2 nitrogen and oxygen atoms in total. The maximum Gasteiger partial charge on any atom is 0.0412 e. The van der Waals surface area contributed by atoms with Crippen molar-refractivity contribution >= 4 is 5.69 Å². The molecule has 1 saturated carbocycles. The summed E-state index contributed by atoms with van der Waals surface area (Å²) < 4.78 is 0. The molecule has 3 N–H and O–H groups in total. The van der Waals surface area contributed by atoms with Crippen LogP contribution in [0.3, 0.4) is 0 Å². The van der Waals surface area contributed by atoms with Gasteiger partial charge in [-0.05, 0) is 61.8 Å². The third kappa shape index (κ3) is 1.82. The molecule has 2 heteroatoms. The van der Waals surface area contributed by atoms with Gasteiger partial charge in [-0.1, -0.05) is 6.07 Å². The van der Waals surface area contributed by atoms with E-state index in [2.05, 4.69) is 23.5 Å². The molecule has 0 saturated heterocycles. The molecule has 2 atom stereocenters. The number of hydrogen-bond donors (Lipinski definition) is 2. The fourth-order valence-corrected chi connectivity index (χ4v) is 3.04. The highest BCUT2D eigenvalue weighted by Crippen LogP contribution is 2.27. The van der Waals surface area contributed by atoms with Gasteiger partial charge in [0, 0.05) is 17.8 Å². The van der Waals surface area contributed by atoms with Gasteiger partial charge in [-0.15, -0.1) is 0 Å². The van der Waals surface area contributed by atoms with Crippen molar-refractivity contribution in [1.82, 2.24) is 0 Å². The first-order valence-electron chi connectivity index (χ1n) is 6.47. The van der Waals surface area contributed by atoms with Crippen LogP contribution in [0.1, 0.15) is 36.8 Å². The summed E-state index contributed by atoms with van der Waals surface area (Å²) in [5.41, 5.74) is 10.4. The second kappa shape index (κ2) is 4.10. The number of hydrogen-bond acceptors (Lipinski definition) is 2. The maximum absolute atomic E-state index is 6.08. The number of benzene rings is 1. The average Bonchev–Trinajstić information content (AvgIpc) is 2.88. The SMILES string of the molecule is NC1CCCC1Nc1ccc2c(c1)CCC2. The molecule has 0 spiro atoms. The van der Waals surface area contributed by atoms with Gasteiger partial charge in [0.05, 0.1) is 0 Å². The number of rotatable bonds is 2. The number of nitrogens with two attached hydrogens (primary N) is 1. The third-order valence-electron chi connectivity index (χ3n) is 4.02. The van der Waals surface area contributed by atoms with Gasteiger partial charge >= 0.3 is 0 Å². The fraction of sp³-hybridized carbons (Fsp3) is 0.571. The highest BCUT2D eigenvalue weighted by molar-refractivity contribution is 5.51. The van der Waals surface area contributed by atoms with Gasteiger partial charge in [0.25, 0.3) is 0 Å². The molecule has 86 valence electrons. The van der Waals surface area contributed by atoms with Crippen molar-refractivity contribution in [3.63, 3.8) is 0 Å². The van der Waals surface area contributed by atoms with Crippen molar-refractivity contribution in [3.8, 4) is 0 Å². The first-order chi connectivity index (χ1) is 7.83. The Labute approximate surface area is 97.2 Å². The zero-order valence-corrected chi connectivity index (χ0v) is 9.71. The van der Waals surface area contributed by atoms with Crippen LogP contribution in [0.5, 0.6) is 0 Å². The Morgan fingerprint density at radius 1 is 1.06 bits per heavy atom. The summed E-state index contributed by atoms with van der Waals surface area (Å²) in [7, 11) is 0. The Bertz CT molecular complexity index is 386. The summed E-state index contributed by atoms with van der Waals surface area (Å²) >= 11 is 0. The van der Waals surface area contributed by atoms with E-state index < -0.39 is 0 Å². The summed E-state index contributed by atoms with van der Waals surface area (Å²) in [5.74, 6) is 0. The Balaban J connectivity index is 1.75.